The first-order valence-electron chi connectivity index (χ1n) is 6.78. The maximum atomic E-state index is 11.9. The van der Waals surface area contributed by atoms with Gasteiger partial charge in [0, 0.05) is 19.6 Å². The minimum Gasteiger partial charge on any atom is -0.478 e. The monoisotopic (exact) mass is 278 g/mol. The molecular weight excluding hydrogens is 256 g/mol. The second kappa shape index (κ2) is 7.53. The normalized spacial score (nSPS) is 11.8. The van der Waals surface area contributed by atoms with Crippen LogP contribution >= 0.6 is 0 Å². The van der Waals surface area contributed by atoms with Crippen molar-refractivity contribution in [1.29, 1.82) is 0 Å². The molecule has 1 rings (SSSR count). The molecule has 0 aromatic heterocycles. The van der Waals surface area contributed by atoms with Gasteiger partial charge in [0.05, 0.1) is 5.56 Å². The SMILES string of the molecule is CCCC(C)NC(=O)N(C)Cc1ccc(C(=O)O)cc1. The van der Waals surface area contributed by atoms with Crippen molar-refractivity contribution in [2.45, 2.75) is 39.3 Å². The number of carboxylic acids is 1. The Balaban J connectivity index is 2.54. The average Bonchev–Trinajstić information content (AvgIpc) is 2.39. The summed E-state index contributed by atoms with van der Waals surface area (Å²) in [7, 11) is 1.72. The maximum absolute atomic E-state index is 11.9. The Morgan fingerprint density at radius 1 is 1.30 bits per heavy atom. The zero-order valence-electron chi connectivity index (χ0n) is 12.2. The molecule has 0 spiro atoms. The Labute approximate surface area is 119 Å². The topological polar surface area (TPSA) is 69.6 Å². The summed E-state index contributed by atoms with van der Waals surface area (Å²) >= 11 is 0. The van der Waals surface area contributed by atoms with Crippen molar-refractivity contribution in [2.75, 3.05) is 7.05 Å². The van der Waals surface area contributed by atoms with Gasteiger partial charge in [-0.15, -0.1) is 0 Å². The molecule has 1 aromatic carbocycles. The summed E-state index contributed by atoms with van der Waals surface area (Å²) in [4.78, 5) is 24.3. The first-order chi connectivity index (χ1) is 9.43. The number of carbonyl (C=O) groups is 2. The number of urea groups is 1. The smallest absolute Gasteiger partial charge is 0.335 e. The van der Waals surface area contributed by atoms with Gasteiger partial charge in [-0.2, -0.15) is 0 Å². The fourth-order valence-corrected chi connectivity index (χ4v) is 1.92. The number of carboxylic acid groups (broad SMARTS) is 1. The van der Waals surface area contributed by atoms with Gasteiger partial charge in [0.25, 0.3) is 0 Å². The molecule has 2 N–H and O–H groups in total. The van der Waals surface area contributed by atoms with Crippen molar-refractivity contribution in [3.05, 3.63) is 35.4 Å². The molecule has 1 aromatic rings. The van der Waals surface area contributed by atoms with Crippen LogP contribution in [-0.4, -0.2) is 35.1 Å². The Kier molecular flexibility index (Phi) is 6.03. The summed E-state index contributed by atoms with van der Waals surface area (Å²) in [5, 5.41) is 11.7. The highest BCUT2D eigenvalue weighted by atomic mass is 16.4. The van der Waals surface area contributed by atoms with Gasteiger partial charge in [-0.3, -0.25) is 0 Å². The third kappa shape index (κ3) is 4.91. The van der Waals surface area contributed by atoms with E-state index in [1.165, 1.54) is 0 Å². The lowest BCUT2D eigenvalue weighted by Gasteiger charge is -2.21. The zero-order chi connectivity index (χ0) is 15.1. The molecule has 1 unspecified atom stereocenters. The standard InChI is InChI=1S/C15H22N2O3/c1-4-5-11(2)16-15(20)17(3)10-12-6-8-13(9-7-12)14(18)19/h6-9,11H,4-5,10H2,1-3H3,(H,16,20)(H,18,19). The highest BCUT2D eigenvalue weighted by Crippen LogP contribution is 2.07. The molecule has 0 saturated heterocycles. The fourth-order valence-electron chi connectivity index (χ4n) is 1.92. The first-order valence-corrected chi connectivity index (χ1v) is 6.78. The van der Waals surface area contributed by atoms with Gasteiger partial charge in [-0.1, -0.05) is 25.5 Å². The molecule has 0 radical (unpaired) electrons. The Hall–Kier alpha value is -2.04. The van der Waals surface area contributed by atoms with Crippen molar-refractivity contribution >= 4 is 12.0 Å². The first kappa shape index (κ1) is 16.0. The molecule has 5 heteroatoms. The van der Waals surface area contributed by atoms with Crippen LogP contribution < -0.4 is 5.32 Å². The van der Waals surface area contributed by atoms with Crippen LogP contribution in [0, 0.1) is 0 Å². The summed E-state index contributed by atoms with van der Waals surface area (Å²) in [6, 6.07) is 6.58. The predicted molar refractivity (Wildman–Crippen MR) is 77.8 cm³/mol. The van der Waals surface area contributed by atoms with Crippen molar-refractivity contribution in [2.24, 2.45) is 0 Å². The van der Waals surface area contributed by atoms with Gasteiger partial charge in [0.1, 0.15) is 0 Å². The van der Waals surface area contributed by atoms with E-state index < -0.39 is 5.97 Å². The lowest BCUT2D eigenvalue weighted by Crippen LogP contribution is -2.41. The van der Waals surface area contributed by atoms with E-state index in [2.05, 4.69) is 12.2 Å². The molecule has 2 amide bonds. The van der Waals surface area contributed by atoms with Gasteiger partial charge in [-0.25, -0.2) is 9.59 Å². The second-order valence-electron chi connectivity index (χ2n) is 5.00. The quantitative estimate of drug-likeness (QED) is 0.840. The molecule has 0 bridgehead atoms. The Morgan fingerprint density at radius 3 is 2.40 bits per heavy atom. The summed E-state index contributed by atoms with van der Waals surface area (Å²) in [5.74, 6) is -0.948. The maximum Gasteiger partial charge on any atom is 0.335 e. The molecular formula is C15H22N2O3. The molecule has 0 fully saturated rings. The van der Waals surface area contributed by atoms with Gasteiger partial charge < -0.3 is 15.3 Å². The molecule has 0 heterocycles. The van der Waals surface area contributed by atoms with Gasteiger partial charge in [-0.05, 0) is 31.0 Å². The second-order valence-corrected chi connectivity index (χ2v) is 5.00. The van der Waals surface area contributed by atoms with Gasteiger partial charge >= 0.3 is 12.0 Å². The van der Waals surface area contributed by atoms with Crippen LogP contribution in [0.1, 0.15) is 42.6 Å². The number of hydrogen-bond donors (Lipinski definition) is 2. The van der Waals surface area contributed by atoms with Crippen molar-refractivity contribution in [3.8, 4) is 0 Å². The largest absolute Gasteiger partial charge is 0.478 e. The van der Waals surface area contributed by atoms with Crippen LogP contribution in [0.2, 0.25) is 0 Å². The van der Waals surface area contributed by atoms with Crippen LogP contribution in [0.4, 0.5) is 4.79 Å². The highest BCUT2D eigenvalue weighted by Gasteiger charge is 2.12. The zero-order valence-corrected chi connectivity index (χ0v) is 12.2. The summed E-state index contributed by atoms with van der Waals surface area (Å²) in [6.07, 6.45) is 1.98. The van der Waals surface area contributed by atoms with Crippen LogP contribution in [0.15, 0.2) is 24.3 Å². The van der Waals surface area contributed by atoms with E-state index in [-0.39, 0.29) is 17.6 Å². The highest BCUT2D eigenvalue weighted by molar-refractivity contribution is 5.87. The predicted octanol–water partition coefficient (Wildman–Crippen LogP) is 2.71. The number of aromatic carboxylic acids is 1. The molecule has 1 atom stereocenters. The van der Waals surface area contributed by atoms with Gasteiger partial charge in [0.15, 0.2) is 0 Å². The van der Waals surface area contributed by atoms with Crippen molar-refractivity contribution in [3.63, 3.8) is 0 Å². The minimum atomic E-state index is -0.948. The third-order valence-electron chi connectivity index (χ3n) is 3.06. The van der Waals surface area contributed by atoms with E-state index in [9.17, 15) is 9.59 Å². The van der Waals surface area contributed by atoms with Crippen LogP contribution in [0.25, 0.3) is 0 Å². The van der Waals surface area contributed by atoms with E-state index in [0.29, 0.717) is 6.54 Å². The number of carbonyl (C=O) groups excluding carboxylic acids is 1. The Bertz CT molecular complexity index is 457. The van der Waals surface area contributed by atoms with E-state index in [4.69, 9.17) is 5.11 Å². The van der Waals surface area contributed by atoms with Crippen LogP contribution in [-0.2, 0) is 6.54 Å². The lowest BCUT2D eigenvalue weighted by molar-refractivity contribution is 0.0697. The summed E-state index contributed by atoms with van der Waals surface area (Å²) in [6.45, 7) is 4.51. The van der Waals surface area contributed by atoms with Crippen molar-refractivity contribution < 1.29 is 14.7 Å². The van der Waals surface area contributed by atoms with Gasteiger partial charge in [0.2, 0.25) is 0 Å². The summed E-state index contributed by atoms with van der Waals surface area (Å²) < 4.78 is 0. The minimum absolute atomic E-state index is 0.117. The molecule has 0 aliphatic heterocycles. The van der Waals surface area contributed by atoms with Crippen molar-refractivity contribution in [1.82, 2.24) is 10.2 Å². The molecule has 0 saturated carbocycles. The molecule has 0 aliphatic carbocycles. The fraction of sp³-hybridized carbons (Fsp3) is 0.467. The van der Waals surface area contributed by atoms with Crippen LogP contribution in [0.3, 0.4) is 0 Å². The number of rotatable bonds is 6. The molecule has 0 aliphatic rings. The summed E-state index contributed by atoms with van der Waals surface area (Å²) in [5.41, 5.74) is 1.15. The lowest BCUT2D eigenvalue weighted by atomic mass is 10.1. The van der Waals surface area contributed by atoms with E-state index >= 15 is 0 Å². The van der Waals surface area contributed by atoms with E-state index in [0.717, 1.165) is 18.4 Å². The van der Waals surface area contributed by atoms with E-state index in [1.807, 2.05) is 6.92 Å². The number of hydrogen-bond acceptors (Lipinski definition) is 2. The number of amides is 2. The number of nitrogens with one attached hydrogen (secondary N) is 1. The third-order valence-corrected chi connectivity index (χ3v) is 3.06. The molecule has 20 heavy (non-hydrogen) atoms. The molecule has 110 valence electrons. The average molecular weight is 278 g/mol. The van der Waals surface area contributed by atoms with E-state index in [1.54, 1.807) is 36.2 Å². The number of nitrogens with zero attached hydrogens (tertiary/aromatic N) is 1. The Morgan fingerprint density at radius 2 is 1.90 bits per heavy atom. The number of benzene rings is 1. The molecule has 5 nitrogen and oxygen atoms in total. The van der Waals surface area contributed by atoms with Crippen LogP contribution in [0.5, 0.6) is 0 Å².